The molecule has 0 radical (unpaired) electrons. The quantitative estimate of drug-likeness (QED) is 0.882. The molecule has 0 aliphatic carbocycles. The Balaban J connectivity index is 1.99. The summed E-state index contributed by atoms with van der Waals surface area (Å²) >= 11 is 1.74. The molecular formula is C14H19N3OS. The van der Waals surface area contributed by atoms with E-state index in [9.17, 15) is 0 Å². The average Bonchev–Trinajstić information content (AvgIpc) is 2.92. The van der Waals surface area contributed by atoms with Gasteiger partial charge in [0.25, 0.3) is 0 Å². The van der Waals surface area contributed by atoms with Crippen LogP contribution in [0.3, 0.4) is 0 Å². The molecular weight excluding hydrogens is 258 g/mol. The Morgan fingerprint density at radius 1 is 1.42 bits per heavy atom. The summed E-state index contributed by atoms with van der Waals surface area (Å²) < 4.78 is 5.74. The molecule has 0 aromatic carbocycles. The van der Waals surface area contributed by atoms with Crippen LogP contribution in [-0.2, 0) is 13.0 Å². The van der Waals surface area contributed by atoms with Crippen LogP contribution in [-0.4, -0.2) is 16.6 Å². The summed E-state index contributed by atoms with van der Waals surface area (Å²) in [5, 5.41) is 2.07. The first-order valence-electron chi connectivity index (χ1n) is 6.41. The van der Waals surface area contributed by atoms with E-state index in [2.05, 4.69) is 35.3 Å². The molecule has 0 aliphatic rings. The molecule has 4 nitrogen and oxygen atoms in total. The maximum absolute atomic E-state index is 5.74. The van der Waals surface area contributed by atoms with Crippen molar-refractivity contribution in [1.82, 2.24) is 9.97 Å². The first kappa shape index (κ1) is 14.0. The topological polar surface area (TPSA) is 61.0 Å². The van der Waals surface area contributed by atoms with E-state index in [-0.39, 0.29) is 0 Å². The maximum atomic E-state index is 5.74. The molecule has 0 atom stereocenters. The second-order valence-electron chi connectivity index (χ2n) is 4.58. The Labute approximate surface area is 117 Å². The van der Waals surface area contributed by atoms with E-state index in [1.165, 1.54) is 4.88 Å². The molecule has 2 rings (SSSR count). The Kier molecular flexibility index (Phi) is 4.87. The third-order valence-electron chi connectivity index (χ3n) is 2.74. The minimum absolute atomic E-state index is 0.297. The Hall–Kier alpha value is -1.46. The zero-order valence-electron chi connectivity index (χ0n) is 11.3. The average molecular weight is 277 g/mol. The Morgan fingerprint density at radius 3 is 2.89 bits per heavy atom. The summed E-state index contributed by atoms with van der Waals surface area (Å²) in [6.07, 6.45) is 2.63. The van der Waals surface area contributed by atoms with Crippen LogP contribution in [0.4, 0.5) is 0 Å². The van der Waals surface area contributed by atoms with Crippen LogP contribution in [0.2, 0.25) is 0 Å². The van der Waals surface area contributed by atoms with Crippen molar-refractivity contribution in [2.45, 2.75) is 32.7 Å². The SMILES string of the molecule is CC(C)c1ncc(OCCc2cccs2)c(CN)n1. The van der Waals surface area contributed by atoms with Crippen molar-refractivity contribution >= 4 is 11.3 Å². The summed E-state index contributed by atoms with van der Waals surface area (Å²) in [5.41, 5.74) is 6.50. The third-order valence-corrected chi connectivity index (χ3v) is 3.68. The maximum Gasteiger partial charge on any atom is 0.160 e. The van der Waals surface area contributed by atoms with E-state index >= 15 is 0 Å². The molecule has 0 fully saturated rings. The van der Waals surface area contributed by atoms with E-state index in [0.717, 1.165) is 17.9 Å². The highest BCUT2D eigenvalue weighted by molar-refractivity contribution is 7.09. The number of nitrogens with zero attached hydrogens (tertiary/aromatic N) is 2. The van der Waals surface area contributed by atoms with Gasteiger partial charge in [0.15, 0.2) is 5.75 Å². The summed E-state index contributed by atoms with van der Waals surface area (Å²) in [6, 6.07) is 4.15. The fraction of sp³-hybridized carbons (Fsp3) is 0.429. The fourth-order valence-electron chi connectivity index (χ4n) is 1.68. The van der Waals surface area contributed by atoms with E-state index < -0.39 is 0 Å². The second-order valence-corrected chi connectivity index (χ2v) is 5.61. The summed E-state index contributed by atoms with van der Waals surface area (Å²) in [5.74, 6) is 1.81. The van der Waals surface area contributed by atoms with E-state index in [4.69, 9.17) is 10.5 Å². The highest BCUT2D eigenvalue weighted by Crippen LogP contribution is 2.18. The number of ether oxygens (including phenoxy) is 1. The third kappa shape index (κ3) is 3.75. The Morgan fingerprint density at radius 2 is 2.26 bits per heavy atom. The first-order valence-corrected chi connectivity index (χ1v) is 7.29. The van der Waals surface area contributed by atoms with Gasteiger partial charge in [-0.15, -0.1) is 11.3 Å². The molecule has 0 saturated carbocycles. The molecule has 102 valence electrons. The van der Waals surface area contributed by atoms with E-state index in [0.29, 0.717) is 24.8 Å². The van der Waals surface area contributed by atoms with Crippen molar-refractivity contribution in [1.29, 1.82) is 0 Å². The molecule has 0 unspecified atom stereocenters. The van der Waals surface area contributed by atoms with Gasteiger partial charge >= 0.3 is 0 Å². The summed E-state index contributed by atoms with van der Waals surface area (Å²) in [4.78, 5) is 10.1. The van der Waals surface area contributed by atoms with Crippen LogP contribution in [0.5, 0.6) is 5.75 Å². The van der Waals surface area contributed by atoms with Crippen molar-refractivity contribution < 1.29 is 4.74 Å². The minimum atomic E-state index is 0.297. The standard InChI is InChI=1S/C14H19N3OS/c1-10(2)14-16-9-13(12(8-15)17-14)18-6-5-11-4-3-7-19-11/h3-4,7,9-10H,5-6,8,15H2,1-2H3. The van der Waals surface area contributed by atoms with Crippen LogP contribution in [0.15, 0.2) is 23.7 Å². The molecule has 0 amide bonds. The first-order chi connectivity index (χ1) is 9.20. The van der Waals surface area contributed by atoms with Crippen molar-refractivity contribution in [2.75, 3.05) is 6.61 Å². The molecule has 2 heterocycles. The lowest BCUT2D eigenvalue weighted by molar-refractivity contribution is 0.315. The van der Waals surface area contributed by atoms with Gasteiger partial charge in [0.05, 0.1) is 18.5 Å². The van der Waals surface area contributed by atoms with Crippen LogP contribution >= 0.6 is 11.3 Å². The Bertz CT molecular complexity index is 511. The molecule has 0 aliphatic heterocycles. The summed E-state index contributed by atoms with van der Waals surface area (Å²) in [7, 11) is 0. The number of hydrogen-bond acceptors (Lipinski definition) is 5. The predicted octanol–water partition coefficient (Wildman–Crippen LogP) is 2.74. The molecule has 0 spiro atoms. The minimum Gasteiger partial charge on any atom is -0.490 e. The molecule has 0 saturated heterocycles. The normalized spacial score (nSPS) is 10.9. The fourth-order valence-corrected chi connectivity index (χ4v) is 2.37. The van der Waals surface area contributed by atoms with Gasteiger partial charge in [-0.05, 0) is 11.4 Å². The van der Waals surface area contributed by atoms with Gasteiger partial charge in [0.2, 0.25) is 0 Å². The smallest absolute Gasteiger partial charge is 0.160 e. The van der Waals surface area contributed by atoms with Crippen molar-refractivity contribution in [3.05, 3.63) is 40.1 Å². The largest absolute Gasteiger partial charge is 0.490 e. The van der Waals surface area contributed by atoms with Gasteiger partial charge in [0, 0.05) is 23.8 Å². The van der Waals surface area contributed by atoms with E-state index in [1.807, 2.05) is 6.07 Å². The molecule has 0 bridgehead atoms. The van der Waals surface area contributed by atoms with E-state index in [1.54, 1.807) is 17.5 Å². The second kappa shape index (κ2) is 6.63. The van der Waals surface area contributed by atoms with Gasteiger partial charge in [-0.1, -0.05) is 19.9 Å². The van der Waals surface area contributed by atoms with Crippen LogP contribution in [0.25, 0.3) is 0 Å². The number of rotatable bonds is 6. The molecule has 2 aromatic rings. The highest BCUT2D eigenvalue weighted by Gasteiger charge is 2.09. The number of aromatic nitrogens is 2. The lowest BCUT2D eigenvalue weighted by Crippen LogP contribution is -2.10. The van der Waals surface area contributed by atoms with Crippen LogP contribution in [0.1, 0.15) is 36.2 Å². The van der Waals surface area contributed by atoms with Crippen molar-refractivity contribution in [3.8, 4) is 5.75 Å². The van der Waals surface area contributed by atoms with Gasteiger partial charge in [-0.25, -0.2) is 9.97 Å². The van der Waals surface area contributed by atoms with Gasteiger partial charge < -0.3 is 10.5 Å². The molecule has 19 heavy (non-hydrogen) atoms. The van der Waals surface area contributed by atoms with Crippen molar-refractivity contribution in [3.63, 3.8) is 0 Å². The lowest BCUT2D eigenvalue weighted by Gasteiger charge is -2.11. The van der Waals surface area contributed by atoms with Gasteiger partial charge in [-0.3, -0.25) is 0 Å². The van der Waals surface area contributed by atoms with Crippen LogP contribution in [0, 0.1) is 0 Å². The molecule has 2 N–H and O–H groups in total. The van der Waals surface area contributed by atoms with Crippen molar-refractivity contribution in [2.24, 2.45) is 5.73 Å². The zero-order chi connectivity index (χ0) is 13.7. The van der Waals surface area contributed by atoms with Gasteiger partial charge in [-0.2, -0.15) is 0 Å². The highest BCUT2D eigenvalue weighted by atomic mass is 32.1. The monoisotopic (exact) mass is 277 g/mol. The van der Waals surface area contributed by atoms with Crippen LogP contribution < -0.4 is 10.5 Å². The predicted molar refractivity (Wildman–Crippen MR) is 77.5 cm³/mol. The summed E-state index contributed by atoms with van der Waals surface area (Å²) in [6.45, 7) is 5.12. The number of thiophene rings is 1. The number of hydrogen-bond donors (Lipinski definition) is 1. The molecule has 2 aromatic heterocycles. The molecule has 5 heteroatoms. The van der Waals surface area contributed by atoms with Gasteiger partial charge in [0.1, 0.15) is 5.82 Å². The number of nitrogens with two attached hydrogens (primary N) is 1. The lowest BCUT2D eigenvalue weighted by atomic mass is 10.2. The zero-order valence-corrected chi connectivity index (χ0v) is 12.1.